The van der Waals surface area contributed by atoms with Gasteiger partial charge < -0.3 is 92.5 Å². The molecule has 10 aromatic heterocycles. The fourth-order valence-electron chi connectivity index (χ4n) is 15.2. The van der Waals surface area contributed by atoms with Gasteiger partial charge in [0.05, 0.1) is 123 Å². The topological polar surface area (TPSA) is 512 Å². The second-order valence-electron chi connectivity index (χ2n) is 32.2. The van der Waals surface area contributed by atoms with E-state index in [0.717, 1.165) is 186 Å². The molecule has 13 N–H and O–H groups in total. The first-order chi connectivity index (χ1) is 59.0. The summed E-state index contributed by atoms with van der Waals surface area (Å²) in [5.41, 5.74) is 28.3. The summed E-state index contributed by atoms with van der Waals surface area (Å²) in [6, 6.07) is 0. The number of H-pyrrole nitrogens is 5. The number of hydrogen-bond donors (Lipinski definition) is 9. The van der Waals surface area contributed by atoms with Gasteiger partial charge in [-0.25, -0.2) is 24.0 Å². The summed E-state index contributed by atoms with van der Waals surface area (Å²) in [6.07, 6.45) is 29.2. The Bertz CT molecular complexity index is 5500. The molecule has 1 unspecified atom stereocenters. The maximum Gasteiger partial charge on any atom is 0.418 e. The van der Waals surface area contributed by atoms with Crippen LogP contribution in [-0.2, 0) is 92.7 Å². The number of aromatic nitrogens is 10. The third-order valence-electron chi connectivity index (χ3n) is 20.4. The predicted octanol–water partition coefficient (Wildman–Crippen LogP) is 13.5. The maximum absolute atomic E-state index is 12.9. The molecular formula is C88H115Al2Ar4N15O19. The number of ketones is 3. The molecule has 1 atom stereocenters. The van der Waals surface area contributed by atoms with Gasteiger partial charge in [-0.1, -0.05) is 43.8 Å². The number of hydrogen-bond acceptors (Lipinski definition) is 26. The summed E-state index contributed by atoms with van der Waals surface area (Å²) in [4.78, 5) is 138. The number of aromatic amines is 5. The minimum atomic E-state index is -0.807. The van der Waals surface area contributed by atoms with E-state index in [4.69, 9.17) is 62.7 Å². The minimum Gasteiger partial charge on any atom is -0.462 e. The first kappa shape index (κ1) is 112. The molecule has 6 aliphatic rings. The molecule has 0 bridgehead atoms. The molecule has 0 fully saturated rings. The quantitative estimate of drug-likeness (QED) is 0.0137. The van der Waals surface area contributed by atoms with E-state index in [0.29, 0.717) is 101 Å². The number of allylic oxidation sites excluding steroid dienone is 1. The van der Waals surface area contributed by atoms with Gasteiger partial charge in [-0.15, -0.1) is 0 Å². The van der Waals surface area contributed by atoms with Crippen LogP contribution in [-0.4, -0.2) is 189 Å². The minimum absolute atomic E-state index is 0. The van der Waals surface area contributed by atoms with Gasteiger partial charge in [0.2, 0.25) is 0 Å². The van der Waals surface area contributed by atoms with Crippen LogP contribution < -0.4 is 20.9 Å². The first-order valence-electron chi connectivity index (χ1n) is 42.1. The number of carbonyl (C=O) groups is 10. The maximum atomic E-state index is 12.9. The zero-order valence-corrected chi connectivity index (χ0v) is 80.3. The number of nitrogens with zero attached hydrogens (tertiary/aromatic N) is 6. The van der Waals surface area contributed by atoms with E-state index in [1.807, 2.05) is 39.0 Å². The third kappa shape index (κ3) is 28.7. The normalized spacial score (nSPS) is 14.1. The van der Waals surface area contributed by atoms with Crippen LogP contribution in [0, 0.1) is 171 Å². The molecule has 34 nitrogen and oxygen atoms in total. The van der Waals surface area contributed by atoms with E-state index in [9.17, 15) is 47.9 Å². The standard InChI is InChI=1S/C19H25NO6.C15H20N2O3.C14H16N2O3.C13H14N2O3.C12H13N3O2.C11H11N3O2.4CH3.2Al.4Ar.2H2N/c1-6-25-17(23)13-10-20(18(24)26-19(3,4)5)14-9-7-8-12(11(2)21)16(22)15(13)14;1-4-20-15(19)11-8-16-12-7-5-6-10(9-17(2)3)14(18)13(11)12;1-3-18-14(17)10-7-15-11-6-4-5-9-8(2)16-19-13(9)12(10)11;1-2-17-13(16)9-7-14-10-5-3-4-8-6-15-18-12(8)11(9)10;1-6-7-3-2-4-9-10(11(7)17-15-6)8(5-14-9)12(13)16;12-11(15)7-5-13-8-3-1-2-6-4-14-16-10(6)9(7)8;;;;;;;;;;;;/h10,12H,6-9H2,1-5H3;8-9,16H,4-7H2,1-3H3;7,15H,3-6H2,1-2H3;6-7,14H,2-5H2,1H3;5,14H,2-4H2,1H3,(H2,13,16);4-5,13H,1-3H2,(H2,12,15);4*1H3;;;;;;;2*1H2/q;;;;;;;;;;2*+1;;;;;2*-1/b;10-9+;;;;;;;;;;;;;;;;. The second kappa shape index (κ2) is 52.7. The molecule has 0 aromatic carbocycles. The van der Waals surface area contributed by atoms with Crippen LogP contribution in [0.5, 0.6) is 0 Å². The number of aryl methyl sites for hydroxylation is 9. The number of amides is 2. The summed E-state index contributed by atoms with van der Waals surface area (Å²) in [7, 11) is 3.77. The van der Waals surface area contributed by atoms with E-state index in [1.165, 1.54) is 17.7 Å². The zero-order valence-electron chi connectivity index (χ0n) is 75.1. The van der Waals surface area contributed by atoms with Gasteiger partial charge in [0.1, 0.15) is 11.4 Å². The van der Waals surface area contributed by atoms with Gasteiger partial charge in [0.15, 0.2) is 34.6 Å². The van der Waals surface area contributed by atoms with Crippen molar-refractivity contribution in [1.82, 2.24) is 55.0 Å². The van der Waals surface area contributed by atoms with Crippen molar-refractivity contribution in [3.63, 3.8) is 0 Å². The van der Waals surface area contributed by atoms with Crippen LogP contribution in [0.25, 0.3) is 45.3 Å². The molecule has 10 heterocycles. The van der Waals surface area contributed by atoms with Crippen molar-refractivity contribution in [1.29, 1.82) is 0 Å². The number of fused-ring (bicyclic) bond motifs is 14. The number of primary amides is 2. The van der Waals surface area contributed by atoms with Crippen LogP contribution in [0.3, 0.4) is 0 Å². The smallest absolute Gasteiger partial charge is 0.418 e. The van der Waals surface area contributed by atoms with Crippen LogP contribution in [0.15, 0.2) is 79.4 Å². The van der Waals surface area contributed by atoms with Crippen LogP contribution in [0.4, 0.5) is 4.79 Å². The Kier molecular flexibility index (Phi) is 46.1. The average Bonchev–Trinajstić information content (AvgIpc) is 1.63. The van der Waals surface area contributed by atoms with Gasteiger partial charge in [-0.05, 0) is 185 Å². The number of nitrogens with two attached hydrogens (primary N) is 4. The largest absolute Gasteiger partial charge is 0.462 e. The van der Waals surface area contributed by atoms with E-state index < -0.39 is 75.9 Å². The van der Waals surface area contributed by atoms with Crippen LogP contribution in [0.1, 0.15) is 257 Å². The molecule has 40 heteroatoms. The zero-order chi connectivity index (χ0) is 90.6. The molecule has 0 saturated carbocycles. The number of esters is 4. The molecule has 16 rings (SSSR count). The molecule has 694 valence electrons. The molecule has 0 spiro atoms. The fourth-order valence-corrected chi connectivity index (χ4v) is 15.2. The summed E-state index contributed by atoms with van der Waals surface area (Å²) in [5, 5.41) is 15.6. The molecule has 10 aromatic rings. The Hall–Kier alpha value is -6.62. The van der Waals surface area contributed by atoms with Crippen molar-refractivity contribution in [3.05, 3.63) is 174 Å². The number of Topliss-reactive ketones (excluding diaryl/α,β-unsaturated/α-hetero) is 3. The predicted molar refractivity (Wildman–Crippen MR) is 464 cm³/mol. The van der Waals surface area contributed by atoms with Gasteiger partial charge in [-0.2, -0.15) is 0 Å². The van der Waals surface area contributed by atoms with E-state index in [-0.39, 0.29) is 192 Å². The Morgan fingerprint density at radius 1 is 0.492 bits per heavy atom. The van der Waals surface area contributed by atoms with E-state index in [1.54, 1.807) is 91.8 Å². The summed E-state index contributed by atoms with van der Waals surface area (Å²) >= 11 is -1.28. The SMILES string of the molecule is CCOC(=O)c1c[nH]c2c1-c1onc(C)c1CCC2.CCOC(=O)c1c[nH]c2c1-c1oncc1CCC2.CCOC(=O)c1c[nH]c2c1C(=O)/C(=C/N(C)C)CCC2.CCOC(=O)c1cn(C(=O)OC(C)(C)C)c2c1C(=O)C(C(C)=O)CCC2.Cc1noc2c1CCCc1[nH]cc(C(N)=O)c1-2.NC(=O)c1c[nH]c2c1-c1oncc1CCC2.[Ar].[Ar].[Ar].[Ar].[CH3][Al]([CH3])[NH2].[CH3][Al]([CH3])[NH2]. The summed E-state index contributed by atoms with van der Waals surface area (Å²) < 4.78 is 58.6. The van der Waals surface area contributed by atoms with Gasteiger partial charge in [-0.3, -0.25) is 28.5 Å². The average molecular weight is 1900 g/mol. The molecule has 128 heavy (non-hydrogen) atoms. The number of ether oxygens (including phenoxy) is 5. The molecule has 0 saturated heterocycles. The molecular weight excluding hydrogens is 1780 g/mol. The Morgan fingerprint density at radius 2 is 0.836 bits per heavy atom. The third-order valence-corrected chi connectivity index (χ3v) is 20.4. The van der Waals surface area contributed by atoms with Crippen LogP contribution >= 0.6 is 0 Å². The van der Waals surface area contributed by atoms with E-state index >= 15 is 0 Å². The Balaban J connectivity index is 0.000000267. The Labute approximate surface area is 872 Å². The fraction of sp³-hybridized carbons (Fsp3) is 0.455. The number of nitrogens with one attached hydrogen (secondary N) is 5. The van der Waals surface area contributed by atoms with Crippen molar-refractivity contribution in [3.8, 4) is 45.3 Å². The number of rotatable bonds is 12. The van der Waals surface area contributed by atoms with Crippen molar-refractivity contribution >= 4 is 87.9 Å². The summed E-state index contributed by atoms with van der Waals surface area (Å²) in [6.45, 7) is 18.6. The van der Waals surface area contributed by atoms with Crippen molar-refractivity contribution in [2.75, 3.05) is 40.5 Å². The van der Waals surface area contributed by atoms with Gasteiger partial charge in [0, 0.05) is 270 Å². The van der Waals surface area contributed by atoms with Crippen molar-refractivity contribution < 1.29 is 241 Å². The van der Waals surface area contributed by atoms with Gasteiger partial charge >= 0.3 is 58.7 Å². The molecule has 2 amide bonds. The second-order valence-corrected chi connectivity index (χ2v) is 37.2. The van der Waals surface area contributed by atoms with Gasteiger partial charge in [0.25, 0.3) is 11.8 Å². The Morgan fingerprint density at radius 3 is 1.21 bits per heavy atom. The number of carbonyl (C=O) groups excluding carboxylic acids is 10. The molecule has 0 radical (unpaired) electrons. The molecule has 6 aliphatic carbocycles. The van der Waals surface area contributed by atoms with Crippen molar-refractivity contribution in [2.45, 2.75) is 214 Å². The summed E-state index contributed by atoms with van der Waals surface area (Å²) in [5.74, 6) is 6.92. The molecule has 0 aliphatic heterocycles. The first-order valence-corrected chi connectivity index (χ1v) is 48.0. The monoisotopic (exact) mass is 1900 g/mol. The van der Waals surface area contributed by atoms with Crippen LogP contribution in [0.2, 0.25) is 23.1 Å². The van der Waals surface area contributed by atoms with E-state index in [2.05, 4.69) is 68.7 Å². The van der Waals surface area contributed by atoms with Crippen molar-refractivity contribution in [2.24, 2.45) is 26.8 Å².